The highest BCUT2D eigenvalue weighted by Gasteiger charge is 2.47. The molecule has 1 aromatic carbocycles. The highest BCUT2D eigenvalue weighted by atomic mass is 16.5. The lowest BCUT2D eigenvalue weighted by Crippen LogP contribution is -2.52. The van der Waals surface area contributed by atoms with Gasteiger partial charge >= 0.3 is 0 Å². The van der Waals surface area contributed by atoms with Crippen molar-refractivity contribution in [2.75, 3.05) is 13.7 Å². The molecule has 0 aromatic heterocycles. The lowest BCUT2D eigenvalue weighted by Gasteiger charge is -2.34. The average Bonchev–Trinajstić information content (AvgIpc) is 3.10. The number of para-hydroxylation sites is 1. The van der Waals surface area contributed by atoms with Crippen molar-refractivity contribution in [3.05, 3.63) is 29.8 Å². The van der Waals surface area contributed by atoms with Crippen molar-refractivity contribution in [1.82, 2.24) is 15.5 Å². The number of hydrogen-bond acceptors (Lipinski definition) is 4. The number of nitrogens with zero attached hydrogens (tertiary/aromatic N) is 1. The van der Waals surface area contributed by atoms with E-state index in [9.17, 15) is 14.4 Å². The fourth-order valence-electron chi connectivity index (χ4n) is 4.69. The molecule has 1 aliphatic carbocycles. The monoisotopic (exact) mass is 415 g/mol. The number of ether oxygens (including phenoxy) is 1. The molecule has 0 spiro atoms. The Balaban J connectivity index is 1.78. The summed E-state index contributed by atoms with van der Waals surface area (Å²) in [5.41, 5.74) is 0.102. The predicted octanol–water partition coefficient (Wildman–Crippen LogP) is 2.50. The Morgan fingerprint density at radius 3 is 2.53 bits per heavy atom. The molecule has 2 aliphatic rings. The third-order valence-corrected chi connectivity index (χ3v) is 5.90. The van der Waals surface area contributed by atoms with Gasteiger partial charge in [-0.15, -0.1) is 0 Å². The van der Waals surface area contributed by atoms with Crippen molar-refractivity contribution in [3.8, 4) is 5.75 Å². The first kappa shape index (κ1) is 22.1. The fourth-order valence-corrected chi connectivity index (χ4v) is 4.69. The summed E-state index contributed by atoms with van der Waals surface area (Å²) in [5.74, 6) is 0.133. The molecule has 1 saturated heterocycles. The molecule has 1 saturated carbocycles. The summed E-state index contributed by atoms with van der Waals surface area (Å²) < 4.78 is 5.38. The molecule has 2 N–H and O–H groups in total. The third-order valence-electron chi connectivity index (χ3n) is 5.90. The van der Waals surface area contributed by atoms with Crippen LogP contribution in [0.2, 0.25) is 0 Å². The predicted molar refractivity (Wildman–Crippen MR) is 114 cm³/mol. The smallest absolute Gasteiger partial charge is 0.258 e. The van der Waals surface area contributed by atoms with E-state index in [0.29, 0.717) is 23.7 Å². The van der Waals surface area contributed by atoms with Crippen molar-refractivity contribution in [2.24, 2.45) is 5.92 Å². The number of nitrogens with one attached hydrogen (secondary N) is 2. The van der Waals surface area contributed by atoms with E-state index < -0.39 is 6.04 Å². The van der Waals surface area contributed by atoms with Crippen molar-refractivity contribution < 1.29 is 19.1 Å². The summed E-state index contributed by atoms with van der Waals surface area (Å²) in [6.07, 6.45) is 4.74. The van der Waals surface area contributed by atoms with E-state index in [1.54, 1.807) is 23.1 Å². The van der Waals surface area contributed by atoms with Gasteiger partial charge in [0.1, 0.15) is 11.8 Å². The number of methoxy groups -OCH3 is 1. The molecule has 3 amide bonds. The van der Waals surface area contributed by atoms with E-state index in [2.05, 4.69) is 10.6 Å². The summed E-state index contributed by atoms with van der Waals surface area (Å²) >= 11 is 0. The van der Waals surface area contributed by atoms with E-state index in [0.717, 1.165) is 25.7 Å². The fraction of sp³-hybridized carbons (Fsp3) is 0.609. The van der Waals surface area contributed by atoms with Crippen LogP contribution in [0.15, 0.2) is 24.3 Å². The molecular formula is C23H33N3O4. The van der Waals surface area contributed by atoms with E-state index in [-0.39, 0.29) is 35.8 Å². The molecule has 0 radical (unpaired) electrons. The number of rotatable bonds is 5. The van der Waals surface area contributed by atoms with Crippen LogP contribution in [0.4, 0.5) is 0 Å². The van der Waals surface area contributed by atoms with Crippen molar-refractivity contribution >= 4 is 17.7 Å². The van der Waals surface area contributed by atoms with Gasteiger partial charge in [0, 0.05) is 11.6 Å². The van der Waals surface area contributed by atoms with Gasteiger partial charge in [-0.05, 0) is 58.1 Å². The van der Waals surface area contributed by atoms with Gasteiger partial charge in [-0.25, -0.2) is 0 Å². The van der Waals surface area contributed by atoms with Crippen molar-refractivity contribution in [2.45, 2.75) is 70.5 Å². The van der Waals surface area contributed by atoms with Gasteiger partial charge in [0.2, 0.25) is 11.8 Å². The topological polar surface area (TPSA) is 87.7 Å². The molecule has 0 bridgehead atoms. The Morgan fingerprint density at radius 1 is 1.13 bits per heavy atom. The maximum absolute atomic E-state index is 13.5. The second-order valence-electron chi connectivity index (χ2n) is 9.29. The number of hydrogen-bond donors (Lipinski definition) is 2. The highest BCUT2D eigenvalue weighted by Crippen LogP contribution is 2.41. The van der Waals surface area contributed by atoms with Gasteiger partial charge < -0.3 is 20.3 Å². The van der Waals surface area contributed by atoms with Crippen LogP contribution in [-0.4, -0.2) is 53.9 Å². The summed E-state index contributed by atoms with van der Waals surface area (Å²) in [7, 11) is 1.54. The highest BCUT2D eigenvalue weighted by molar-refractivity contribution is 6.00. The van der Waals surface area contributed by atoms with Crippen LogP contribution >= 0.6 is 0 Å². The van der Waals surface area contributed by atoms with Gasteiger partial charge in [-0.1, -0.05) is 25.0 Å². The van der Waals surface area contributed by atoms with Crippen LogP contribution in [-0.2, 0) is 9.59 Å². The molecule has 164 valence electrons. The normalized spacial score (nSPS) is 23.5. The molecule has 2 fully saturated rings. The Hall–Kier alpha value is -2.57. The second-order valence-corrected chi connectivity index (χ2v) is 9.29. The Labute approximate surface area is 178 Å². The molecule has 7 heteroatoms. The minimum atomic E-state index is -0.571. The van der Waals surface area contributed by atoms with Crippen molar-refractivity contribution in [1.29, 1.82) is 0 Å². The summed E-state index contributed by atoms with van der Waals surface area (Å²) in [6.45, 7) is 5.57. The molecule has 1 aromatic rings. The first-order valence-electron chi connectivity index (χ1n) is 10.8. The van der Waals surface area contributed by atoms with Gasteiger partial charge in [-0.3, -0.25) is 14.4 Å². The van der Waals surface area contributed by atoms with Gasteiger partial charge in [0.05, 0.1) is 19.2 Å². The average molecular weight is 416 g/mol. The van der Waals surface area contributed by atoms with Crippen molar-refractivity contribution in [3.63, 3.8) is 0 Å². The number of carbonyl (C=O) groups is 3. The van der Waals surface area contributed by atoms with Crippen LogP contribution in [0.25, 0.3) is 0 Å². The van der Waals surface area contributed by atoms with Gasteiger partial charge in [-0.2, -0.15) is 0 Å². The first-order chi connectivity index (χ1) is 14.2. The summed E-state index contributed by atoms with van der Waals surface area (Å²) in [5, 5.41) is 5.58. The molecule has 7 nitrogen and oxygen atoms in total. The summed E-state index contributed by atoms with van der Waals surface area (Å²) in [6, 6.07) is 6.60. The number of carbonyl (C=O) groups excluding carboxylic acids is 3. The Bertz CT molecular complexity index is 802. The minimum Gasteiger partial charge on any atom is -0.496 e. The molecule has 3 atom stereocenters. The summed E-state index contributed by atoms with van der Waals surface area (Å²) in [4.78, 5) is 40.4. The van der Waals surface area contributed by atoms with Crippen LogP contribution in [0.3, 0.4) is 0 Å². The minimum absolute atomic E-state index is 0.0512. The Kier molecular flexibility index (Phi) is 6.68. The van der Waals surface area contributed by atoms with Crippen LogP contribution in [0.1, 0.15) is 63.2 Å². The van der Waals surface area contributed by atoms with E-state index in [1.165, 1.54) is 7.11 Å². The van der Waals surface area contributed by atoms with E-state index >= 15 is 0 Å². The van der Waals surface area contributed by atoms with Gasteiger partial charge in [0.25, 0.3) is 5.91 Å². The SMILES string of the molecule is COc1ccccc1C(=O)N1C(C(=O)NCC(=O)NC(C)(C)C)CC2CCCCC21. The number of amides is 3. The van der Waals surface area contributed by atoms with Crippen LogP contribution in [0.5, 0.6) is 5.75 Å². The molecule has 1 aliphatic heterocycles. The van der Waals surface area contributed by atoms with Gasteiger partial charge in [0.15, 0.2) is 0 Å². The first-order valence-corrected chi connectivity index (χ1v) is 10.8. The zero-order valence-corrected chi connectivity index (χ0v) is 18.4. The largest absolute Gasteiger partial charge is 0.496 e. The molecular weight excluding hydrogens is 382 g/mol. The maximum atomic E-state index is 13.5. The molecule has 3 unspecified atom stereocenters. The quantitative estimate of drug-likeness (QED) is 0.774. The molecule has 30 heavy (non-hydrogen) atoms. The standard InChI is InChI=1S/C23H33N3O4/c1-23(2,3)25-20(27)14-24-21(28)18-13-15-9-5-7-11-17(15)26(18)22(29)16-10-6-8-12-19(16)30-4/h6,8,10,12,15,17-18H,5,7,9,11,13-14H2,1-4H3,(H,24,28)(H,25,27). The second kappa shape index (κ2) is 9.06. The third kappa shape index (κ3) is 4.94. The van der Waals surface area contributed by atoms with E-state index in [4.69, 9.17) is 4.74 Å². The van der Waals surface area contributed by atoms with Crippen LogP contribution in [0, 0.1) is 5.92 Å². The zero-order chi connectivity index (χ0) is 21.9. The lowest BCUT2D eigenvalue weighted by molar-refractivity contribution is -0.129. The molecule has 1 heterocycles. The lowest BCUT2D eigenvalue weighted by atomic mass is 9.84. The molecule has 3 rings (SSSR count). The maximum Gasteiger partial charge on any atom is 0.258 e. The van der Waals surface area contributed by atoms with Crippen LogP contribution < -0.4 is 15.4 Å². The number of fused-ring (bicyclic) bond motifs is 1. The Morgan fingerprint density at radius 2 is 1.83 bits per heavy atom. The number of likely N-dealkylation sites (tertiary alicyclic amines) is 1. The zero-order valence-electron chi connectivity index (χ0n) is 18.4. The van der Waals surface area contributed by atoms with E-state index in [1.807, 2.05) is 26.8 Å². The number of benzene rings is 1.